The minimum absolute atomic E-state index is 1.19. The first-order valence-electron chi connectivity index (χ1n) is 5.94. The maximum Gasteiger partial charge on any atom is 0.0794 e. The summed E-state index contributed by atoms with van der Waals surface area (Å²) in [4.78, 5) is 2.27. The van der Waals surface area contributed by atoms with E-state index in [1.54, 1.807) is 0 Å². The third kappa shape index (κ3) is 8.52. The lowest BCUT2D eigenvalue weighted by Gasteiger charge is -2.30. The molecule has 0 N–H and O–H groups in total. The zero-order valence-corrected chi connectivity index (χ0v) is 10.8. The van der Waals surface area contributed by atoms with Crippen molar-refractivity contribution in [2.24, 2.45) is 0 Å². The van der Waals surface area contributed by atoms with E-state index in [9.17, 15) is 0 Å². The maximum atomic E-state index is 2.35. The quantitative estimate of drug-likeness (QED) is 0.430. The number of rotatable bonds is 8. The van der Waals surface area contributed by atoms with Gasteiger partial charge in [0.15, 0.2) is 0 Å². The SMILES string of the molecule is CCCCC[N+](C)(C)CCCN(C)C. The summed E-state index contributed by atoms with van der Waals surface area (Å²) >= 11 is 0. The summed E-state index contributed by atoms with van der Waals surface area (Å²) in [6.07, 6.45) is 5.41. The number of nitrogens with zero attached hydrogens (tertiary/aromatic N) is 2. The molecule has 0 aromatic heterocycles. The van der Waals surface area contributed by atoms with Gasteiger partial charge in [0.2, 0.25) is 0 Å². The van der Waals surface area contributed by atoms with E-state index in [2.05, 4.69) is 40.0 Å². The van der Waals surface area contributed by atoms with Crippen molar-refractivity contribution < 1.29 is 4.48 Å². The highest BCUT2D eigenvalue weighted by Gasteiger charge is 2.13. The molecular weight excluding hydrogens is 172 g/mol. The topological polar surface area (TPSA) is 3.24 Å². The average Bonchev–Trinajstić information content (AvgIpc) is 2.03. The molecule has 0 fully saturated rings. The van der Waals surface area contributed by atoms with E-state index >= 15 is 0 Å². The molecule has 0 unspecified atom stereocenters. The number of unbranched alkanes of at least 4 members (excludes halogenated alkanes) is 2. The van der Waals surface area contributed by atoms with Gasteiger partial charge in [-0.1, -0.05) is 13.3 Å². The number of hydrogen-bond donors (Lipinski definition) is 0. The van der Waals surface area contributed by atoms with E-state index < -0.39 is 0 Å². The lowest BCUT2D eigenvalue weighted by atomic mass is 10.2. The zero-order valence-electron chi connectivity index (χ0n) is 10.8. The Balaban J connectivity index is 3.50. The Labute approximate surface area is 90.5 Å². The summed E-state index contributed by atoms with van der Waals surface area (Å²) in [6, 6.07) is 0. The first kappa shape index (κ1) is 13.9. The first-order chi connectivity index (χ1) is 6.48. The largest absolute Gasteiger partial charge is 0.328 e. The summed E-state index contributed by atoms with van der Waals surface area (Å²) in [5.41, 5.74) is 0. The lowest BCUT2D eigenvalue weighted by molar-refractivity contribution is -0.890. The third-order valence-corrected chi connectivity index (χ3v) is 2.74. The summed E-state index contributed by atoms with van der Waals surface area (Å²) in [7, 11) is 9.00. The molecule has 0 aliphatic rings. The van der Waals surface area contributed by atoms with Crippen LogP contribution in [-0.4, -0.2) is 57.2 Å². The standard InChI is InChI=1S/C12H29N2/c1-6-7-8-11-14(4,5)12-9-10-13(2)3/h6-12H2,1-5H3/q+1. The lowest BCUT2D eigenvalue weighted by Crippen LogP contribution is -2.42. The van der Waals surface area contributed by atoms with E-state index in [0.717, 1.165) is 0 Å². The predicted molar refractivity (Wildman–Crippen MR) is 64.5 cm³/mol. The van der Waals surface area contributed by atoms with Crippen LogP contribution in [0, 0.1) is 0 Å². The molecule has 0 radical (unpaired) electrons. The number of quaternary nitrogens is 1. The minimum Gasteiger partial charge on any atom is -0.328 e. The van der Waals surface area contributed by atoms with E-state index in [1.165, 1.54) is 49.8 Å². The van der Waals surface area contributed by atoms with E-state index in [0.29, 0.717) is 0 Å². The molecule has 2 nitrogen and oxygen atoms in total. The molecule has 2 heteroatoms. The second-order valence-corrected chi connectivity index (χ2v) is 5.25. The van der Waals surface area contributed by atoms with Gasteiger partial charge >= 0.3 is 0 Å². The Morgan fingerprint density at radius 3 is 2.00 bits per heavy atom. The van der Waals surface area contributed by atoms with Crippen LogP contribution in [0.4, 0.5) is 0 Å². The Morgan fingerprint density at radius 2 is 1.50 bits per heavy atom. The number of hydrogen-bond acceptors (Lipinski definition) is 1. The van der Waals surface area contributed by atoms with Crippen LogP contribution in [0.1, 0.15) is 32.6 Å². The van der Waals surface area contributed by atoms with Crippen molar-refractivity contribution >= 4 is 0 Å². The van der Waals surface area contributed by atoms with Crippen LogP contribution >= 0.6 is 0 Å². The minimum atomic E-state index is 1.19. The second kappa shape index (κ2) is 7.24. The molecule has 0 amide bonds. The van der Waals surface area contributed by atoms with Gasteiger partial charge < -0.3 is 9.38 Å². The van der Waals surface area contributed by atoms with Crippen LogP contribution in [0.15, 0.2) is 0 Å². The predicted octanol–water partition coefficient (Wildman–Crippen LogP) is 2.20. The fraction of sp³-hybridized carbons (Fsp3) is 1.00. The van der Waals surface area contributed by atoms with Gasteiger partial charge in [0.05, 0.1) is 27.2 Å². The highest BCUT2D eigenvalue weighted by atomic mass is 15.3. The Kier molecular flexibility index (Phi) is 7.20. The van der Waals surface area contributed by atoms with Crippen LogP contribution in [0.3, 0.4) is 0 Å². The highest BCUT2D eigenvalue weighted by molar-refractivity contribution is 4.45. The average molecular weight is 201 g/mol. The van der Waals surface area contributed by atoms with Gasteiger partial charge in [-0.05, 0) is 26.9 Å². The fourth-order valence-corrected chi connectivity index (χ4v) is 1.72. The van der Waals surface area contributed by atoms with Crippen LogP contribution in [-0.2, 0) is 0 Å². The molecule has 0 rings (SSSR count). The van der Waals surface area contributed by atoms with E-state index in [-0.39, 0.29) is 0 Å². The molecule has 0 saturated heterocycles. The van der Waals surface area contributed by atoms with Crippen molar-refractivity contribution in [3.8, 4) is 0 Å². The van der Waals surface area contributed by atoms with Crippen molar-refractivity contribution in [3.63, 3.8) is 0 Å². The van der Waals surface area contributed by atoms with Crippen LogP contribution < -0.4 is 0 Å². The van der Waals surface area contributed by atoms with Crippen molar-refractivity contribution in [3.05, 3.63) is 0 Å². The normalized spacial score (nSPS) is 12.4. The molecule has 0 heterocycles. The molecule has 0 bridgehead atoms. The smallest absolute Gasteiger partial charge is 0.0794 e. The molecule has 0 aromatic rings. The van der Waals surface area contributed by atoms with E-state index in [1.807, 2.05) is 0 Å². The monoisotopic (exact) mass is 201 g/mol. The molecule has 14 heavy (non-hydrogen) atoms. The van der Waals surface area contributed by atoms with E-state index in [4.69, 9.17) is 0 Å². The molecule has 86 valence electrons. The van der Waals surface area contributed by atoms with Gasteiger partial charge in [-0.3, -0.25) is 0 Å². The van der Waals surface area contributed by atoms with Gasteiger partial charge in [-0.25, -0.2) is 0 Å². The molecule has 0 aliphatic heterocycles. The van der Waals surface area contributed by atoms with Crippen LogP contribution in [0.25, 0.3) is 0 Å². The van der Waals surface area contributed by atoms with Gasteiger partial charge in [-0.15, -0.1) is 0 Å². The second-order valence-electron chi connectivity index (χ2n) is 5.25. The van der Waals surface area contributed by atoms with Crippen molar-refractivity contribution in [2.45, 2.75) is 32.6 Å². The molecular formula is C12H29N2+. The summed E-state index contributed by atoms with van der Waals surface area (Å²) < 4.78 is 1.19. The van der Waals surface area contributed by atoms with Crippen LogP contribution in [0.2, 0.25) is 0 Å². The van der Waals surface area contributed by atoms with Gasteiger partial charge in [-0.2, -0.15) is 0 Å². The molecule has 0 aliphatic carbocycles. The summed E-state index contributed by atoms with van der Waals surface area (Å²) in [6.45, 7) is 6.13. The van der Waals surface area contributed by atoms with Crippen molar-refractivity contribution in [1.29, 1.82) is 0 Å². The molecule has 0 saturated carbocycles. The van der Waals surface area contributed by atoms with Crippen molar-refractivity contribution in [1.82, 2.24) is 4.90 Å². The Bertz CT molecular complexity index is 130. The van der Waals surface area contributed by atoms with Crippen LogP contribution in [0.5, 0.6) is 0 Å². The van der Waals surface area contributed by atoms with Gasteiger partial charge in [0, 0.05) is 13.0 Å². The zero-order chi connectivity index (χ0) is 11.0. The maximum absolute atomic E-state index is 2.35. The highest BCUT2D eigenvalue weighted by Crippen LogP contribution is 2.04. The third-order valence-electron chi connectivity index (χ3n) is 2.74. The van der Waals surface area contributed by atoms with Crippen molar-refractivity contribution in [2.75, 3.05) is 47.8 Å². The first-order valence-corrected chi connectivity index (χ1v) is 5.94. The summed E-state index contributed by atoms with van der Waals surface area (Å²) in [5.74, 6) is 0. The van der Waals surface area contributed by atoms with Gasteiger partial charge in [0.1, 0.15) is 0 Å². The van der Waals surface area contributed by atoms with Gasteiger partial charge in [0.25, 0.3) is 0 Å². The molecule has 0 spiro atoms. The fourth-order valence-electron chi connectivity index (χ4n) is 1.72. The molecule has 0 aromatic carbocycles. The summed E-state index contributed by atoms with van der Waals surface area (Å²) in [5, 5.41) is 0. The Hall–Kier alpha value is -0.0800. The Morgan fingerprint density at radius 1 is 0.929 bits per heavy atom. The molecule has 0 atom stereocenters.